The van der Waals surface area contributed by atoms with Gasteiger partial charge in [0.05, 0.1) is 22.3 Å². The molecule has 3 aromatic rings. The fraction of sp³-hybridized carbons (Fsp3) is 0.500. The maximum atomic E-state index is 13.5. The van der Waals surface area contributed by atoms with Crippen LogP contribution in [0.1, 0.15) is 41.4 Å². The lowest BCUT2D eigenvalue weighted by molar-refractivity contribution is 0.0625. The van der Waals surface area contributed by atoms with E-state index in [9.17, 15) is 4.79 Å². The Labute approximate surface area is 170 Å². The van der Waals surface area contributed by atoms with Gasteiger partial charge in [0, 0.05) is 38.3 Å². The van der Waals surface area contributed by atoms with Crippen LogP contribution in [0.15, 0.2) is 21.1 Å². The molecule has 1 aliphatic heterocycles. The van der Waals surface area contributed by atoms with E-state index in [1.54, 1.807) is 0 Å². The van der Waals surface area contributed by atoms with Crippen LogP contribution in [0.3, 0.4) is 0 Å². The molecule has 7 nitrogen and oxygen atoms in total. The van der Waals surface area contributed by atoms with Crippen molar-refractivity contribution in [3.63, 3.8) is 0 Å². The molecule has 0 aliphatic carbocycles. The van der Waals surface area contributed by atoms with Crippen LogP contribution in [0.4, 0.5) is 0 Å². The van der Waals surface area contributed by atoms with E-state index in [2.05, 4.69) is 28.9 Å². The summed E-state index contributed by atoms with van der Waals surface area (Å²) in [5.41, 5.74) is 3.21. The molecule has 0 saturated carbocycles. The van der Waals surface area contributed by atoms with Gasteiger partial charge >= 0.3 is 0 Å². The Balaban J connectivity index is 1.68. The van der Waals surface area contributed by atoms with Gasteiger partial charge in [-0.3, -0.25) is 9.69 Å². The fourth-order valence-corrected chi connectivity index (χ4v) is 4.11. The minimum Gasteiger partial charge on any atom is -0.466 e. The van der Waals surface area contributed by atoms with Crippen molar-refractivity contribution >= 4 is 17.0 Å². The monoisotopic (exact) mass is 396 g/mol. The number of carbonyl (C=O) groups excluding carboxylic acids is 1. The lowest BCUT2D eigenvalue weighted by Gasteiger charge is -2.35. The third kappa shape index (κ3) is 3.79. The number of rotatable bonds is 4. The summed E-state index contributed by atoms with van der Waals surface area (Å²) in [6.07, 6.45) is 0. The van der Waals surface area contributed by atoms with Crippen molar-refractivity contribution in [2.45, 2.75) is 34.6 Å². The number of nitrogens with zero attached hydrogens (tertiary/aromatic N) is 4. The molecular weight excluding hydrogens is 368 g/mol. The standard InChI is InChI=1S/C22H28N4O3/c1-13(2)12-25-6-8-26(9-7-25)22(27)18-11-19(17-10-14(3)28-16(17)5)23-21-20(18)15(4)24-29-21/h10-11,13H,6-9,12H2,1-5H3. The van der Waals surface area contributed by atoms with Gasteiger partial charge in [-0.05, 0) is 38.8 Å². The van der Waals surface area contributed by atoms with Gasteiger partial charge < -0.3 is 13.8 Å². The molecule has 4 heterocycles. The van der Waals surface area contributed by atoms with E-state index >= 15 is 0 Å². The van der Waals surface area contributed by atoms with E-state index in [0.29, 0.717) is 34.0 Å². The summed E-state index contributed by atoms with van der Waals surface area (Å²) in [5, 5.41) is 4.75. The van der Waals surface area contributed by atoms with Gasteiger partial charge in [-0.15, -0.1) is 0 Å². The second-order valence-electron chi connectivity index (χ2n) is 8.32. The van der Waals surface area contributed by atoms with Crippen LogP contribution in [0.25, 0.3) is 22.4 Å². The van der Waals surface area contributed by atoms with Gasteiger partial charge in [-0.25, -0.2) is 4.98 Å². The topological polar surface area (TPSA) is 75.6 Å². The summed E-state index contributed by atoms with van der Waals surface area (Å²) in [6, 6.07) is 3.79. The Hall–Kier alpha value is -2.67. The maximum Gasteiger partial charge on any atom is 0.259 e. The van der Waals surface area contributed by atoms with Crippen molar-refractivity contribution < 1.29 is 13.7 Å². The molecule has 0 atom stereocenters. The van der Waals surface area contributed by atoms with Gasteiger partial charge in [0.2, 0.25) is 0 Å². The van der Waals surface area contributed by atoms with Crippen LogP contribution in [0.5, 0.6) is 0 Å². The molecule has 0 N–H and O–H groups in total. The summed E-state index contributed by atoms with van der Waals surface area (Å²) < 4.78 is 11.1. The van der Waals surface area contributed by atoms with E-state index in [4.69, 9.17) is 8.94 Å². The van der Waals surface area contributed by atoms with E-state index in [0.717, 1.165) is 49.8 Å². The first-order valence-electron chi connectivity index (χ1n) is 10.2. The molecule has 1 saturated heterocycles. The third-order valence-corrected chi connectivity index (χ3v) is 5.45. The Kier molecular flexibility index (Phi) is 5.17. The molecule has 0 unspecified atom stereocenters. The molecule has 0 aromatic carbocycles. The highest BCUT2D eigenvalue weighted by molar-refractivity contribution is 6.07. The Morgan fingerprint density at radius 2 is 1.86 bits per heavy atom. The summed E-state index contributed by atoms with van der Waals surface area (Å²) >= 11 is 0. The van der Waals surface area contributed by atoms with Crippen molar-refractivity contribution in [2.24, 2.45) is 5.92 Å². The highest BCUT2D eigenvalue weighted by atomic mass is 16.5. The number of fused-ring (bicyclic) bond motifs is 1. The highest BCUT2D eigenvalue weighted by Gasteiger charge is 2.27. The zero-order valence-corrected chi connectivity index (χ0v) is 17.8. The molecule has 154 valence electrons. The van der Waals surface area contributed by atoms with Gasteiger partial charge in [0.25, 0.3) is 11.6 Å². The minimum atomic E-state index is 0.00650. The van der Waals surface area contributed by atoms with Crippen molar-refractivity contribution in [3.8, 4) is 11.3 Å². The summed E-state index contributed by atoms with van der Waals surface area (Å²) in [4.78, 5) is 22.4. The largest absolute Gasteiger partial charge is 0.466 e. The summed E-state index contributed by atoms with van der Waals surface area (Å²) in [6.45, 7) is 14.4. The number of hydrogen-bond acceptors (Lipinski definition) is 6. The van der Waals surface area contributed by atoms with Crippen LogP contribution in [-0.2, 0) is 0 Å². The number of pyridine rings is 1. The molecule has 0 bridgehead atoms. The molecule has 1 aliphatic rings. The number of carbonyl (C=O) groups is 1. The third-order valence-electron chi connectivity index (χ3n) is 5.45. The van der Waals surface area contributed by atoms with Crippen molar-refractivity contribution in [1.29, 1.82) is 0 Å². The molecule has 1 amide bonds. The molecular formula is C22H28N4O3. The predicted molar refractivity (Wildman–Crippen MR) is 111 cm³/mol. The molecule has 1 fully saturated rings. The van der Waals surface area contributed by atoms with Gasteiger partial charge in [-0.1, -0.05) is 19.0 Å². The molecule has 7 heteroatoms. The van der Waals surface area contributed by atoms with E-state index in [1.165, 1.54) is 0 Å². The average molecular weight is 396 g/mol. The lowest BCUT2D eigenvalue weighted by atomic mass is 10.0. The normalized spacial score (nSPS) is 15.6. The van der Waals surface area contributed by atoms with Gasteiger partial charge in [0.15, 0.2) is 0 Å². The second-order valence-corrected chi connectivity index (χ2v) is 8.32. The fourth-order valence-electron chi connectivity index (χ4n) is 4.11. The minimum absolute atomic E-state index is 0.00650. The zero-order valence-electron chi connectivity index (χ0n) is 17.8. The van der Waals surface area contributed by atoms with E-state index in [-0.39, 0.29) is 5.91 Å². The quantitative estimate of drug-likeness (QED) is 0.667. The molecule has 0 spiro atoms. The molecule has 29 heavy (non-hydrogen) atoms. The number of furan rings is 1. The highest BCUT2D eigenvalue weighted by Crippen LogP contribution is 2.31. The van der Waals surface area contributed by atoms with Crippen LogP contribution >= 0.6 is 0 Å². The van der Waals surface area contributed by atoms with Gasteiger partial charge in [-0.2, -0.15) is 0 Å². The zero-order chi connectivity index (χ0) is 20.7. The summed E-state index contributed by atoms with van der Waals surface area (Å²) in [5.74, 6) is 2.21. The Morgan fingerprint density at radius 1 is 1.14 bits per heavy atom. The van der Waals surface area contributed by atoms with Gasteiger partial charge in [0.1, 0.15) is 11.5 Å². The number of aryl methyl sites for hydroxylation is 3. The molecule has 4 rings (SSSR count). The van der Waals surface area contributed by atoms with Crippen LogP contribution in [0.2, 0.25) is 0 Å². The second kappa shape index (κ2) is 7.63. The first-order valence-corrected chi connectivity index (χ1v) is 10.2. The maximum absolute atomic E-state index is 13.5. The molecule has 0 radical (unpaired) electrons. The van der Waals surface area contributed by atoms with Crippen LogP contribution in [-0.4, -0.2) is 58.6 Å². The van der Waals surface area contributed by atoms with Crippen molar-refractivity contribution in [3.05, 3.63) is 34.9 Å². The van der Waals surface area contributed by atoms with E-state index < -0.39 is 0 Å². The first-order chi connectivity index (χ1) is 13.8. The van der Waals surface area contributed by atoms with E-state index in [1.807, 2.05) is 37.8 Å². The lowest BCUT2D eigenvalue weighted by Crippen LogP contribution is -2.49. The van der Waals surface area contributed by atoms with Crippen LogP contribution < -0.4 is 0 Å². The molecule has 3 aromatic heterocycles. The Morgan fingerprint density at radius 3 is 2.48 bits per heavy atom. The number of amides is 1. The van der Waals surface area contributed by atoms with Crippen molar-refractivity contribution in [2.75, 3.05) is 32.7 Å². The SMILES string of the molecule is Cc1cc(-c2cc(C(=O)N3CCN(CC(C)C)CC3)c3c(C)noc3n2)c(C)o1. The summed E-state index contributed by atoms with van der Waals surface area (Å²) in [7, 11) is 0. The van der Waals surface area contributed by atoms with Crippen molar-refractivity contribution in [1.82, 2.24) is 19.9 Å². The first kappa shape index (κ1) is 19.6. The number of hydrogen-bond donors (Lipinski definition) is 0. The smallest absolute Gasteiger partial charge is 0.259 e. The predicted octanol–water partition coefficient (Wildman–Crippen LogP) is 3.82. The average Bonchev–Trinajstić information content (AvgIpc) is 3.22. The number of piperazine rings is 1. The van der Waals surface area contributed by atoms with Crippen LogP contribution in [0, 0.1) is 26.7 Å². The Bertz CT molecular complexity index is 1040. The number of aromatic nitrogens is 2.